The van der Waals surface area contributed by atoms with E-state index in [0.29, 0.717) is 0 Å². The van der Waals surface area contributed by atoms with Gasteiger partial charge in [-0.15, -0.1) is 0 Å². The minimum atomic E-state index is 0.744. The Morgan fingerprint density at radius 3 is 1.53 bits per heavy atom. The molecule has 0 aromatic heterocycles. The van der Waals surface area contributed by atoms with Crippen molar-refractivity contribution in [1.82, 2.24) is 10.6 Å². The lowest BCUT2D eigenvalue weighted by atomic mass is 9.93. The van der Waals surface area contributed by atoms with Crippen LogP contribution in [0.15, 0.2) is 0 Å². The van der Waals surface area contributed by atoms with Gasteiger partial charge in [0.2, 0.25) is 0 Å². The summed E-state index contributed by atoms with van der Waals surface area (Å²) in [6.45, 7) is 2.34. The number of rotatable bonds is 3. The monoisotopic (exact) mass is 212 g/mol. The summed E-state index contributed by atoms with van der Waals surface area (Å²) in [5.41, 5.74) is 0. The van der Waals surface area contributed by atoms with Crippen molar-refractivity contribution >= 4 is 0 Å². The first kappa shape index (κ1) is 13.0. The van der Waals surface area contributed by atoms with Crippen LogP contribution in [0.25, 0.3) is 0 Å². The lowest BCUT2D eigenvalue weighted by molar-refractivity contribution is 0.382. The molecule has 1 fully saturated rings. The minimum Gasteiger partial charge on any atom is -0.317 e. The third-order valence-electron chi connectivity index (χ3n) is 4.10. The van der Waals surface area contributed by atoms with E-state index in [4.69, 9.17) is 0 Å². The average molecular weight is 212 g/mol. The van der Waals surface area contributed by atoms with Crippen molar-refractivity contribution in [3.05, 3.63) is 0 Å². The second-order valence-electron chi connectivity index (χ2n) is 4.98. The molecule has 0 bridgehead atoms. The van der Waals surface area contributed by atoms with Crippen molar-refractivity contribution in [1.29, 1.82) is 0 Å². The highest BCUT2D eigenvalue weighted by atomic mass is 14.9. The molecule has 90 valence electrons. The molecule has 15 heavy (non-hydrogen) atoms. The SMILES string of the molecule is CCC1CCC(NC)CCC(NC)CC1. The summed E-state index contributed by atoms with van der Waals surface area (Å²) in [5, 5.41) is 6.92. The molecule has 2 atom stereocenters. The zero-order valence-electron chi connectivity index (χ0n) is 10.7. The van der Waals surface area contributed by atoms with Crippen molar-refractivity contribution in [2.45, 2.75) is 64.0 Å². The van der Waals surface area contributed by atoms with Gasteiger partial charge in [-0.2, -0.15) is 0 Å². The van der Waals surface area contributed by atoms with Gasteiger partial charge in [-0.25, -0.2) is 0 Å². The summed E-state index contributed by atoms with van der Waals surface area (Å²) in [7, 11) is 4.22. The molecule has 2 N–H and O–H groups in total. The fourth-order valence-electron chi connectivity index (χ4n) is 2.69. The molecule has 0 amide bonds. The van der Waals surface area contributed by atoms with Crippen LogP contribution in [0.4, 0.5) is 0 Å². The Kier molecular flexibility index (Phi) is 6.26. The van der Waals surface area contributed by atoms with Gasteiger partial charge < -0.3 is 10.6 Å². The van der Waals surface area contributed by atoms with E-state index in [2.05, 4.69) is 31.7 Å². The highest BCUT2D eigenvalue weighted by molar-refractivity contribution is 4.76. The smallest absolute Gasteiger partial charge is 0.00647 e. The largest absolute Gasteiger partial charge is 0.317 e. The summed E-state index contributed by atoms with van der Waals surface area (Å²) >= 11 is 0. The number of nitrogens with one attached hydrogen (secondary N) is 2. The van der Waals surface area contributed by atoms with Crippen molar-refractivity contribution < 1.29 is 0 Å². The molecular weight excluding hydrogens is 184 g/mol. The van der Waals surface area contributed by atoms with Gasteiger partial charge in [-0.05, 0) is 58.5 Å². The first-order chi connectivity index (χ1) is 7.30. The predicted molar refractivity (Wildman–Crippen MR) is 67.2 cm³/mol. The van der Waals surface area contributed by atoms with E-state index in [0.717, 1.165) is 18.0 Å². The zero-order valence-corrected chi connectivity index (χ0v) is 10.7. The Bertz CT molecular complexity index is 118. The first-order valence-corrected chi connectivity index (χ1v) is 6.64. The van der Waals surface area contributed by atoms with Gasteiger partial charge in [0.15, 0.2) is 0 Å². The van der Waals surface area contributed by atoms with Crippen LogP contribution in [0, 0.1) is 5.92 Å². The fourth-order valence-corrected chi connectivity index (χ4v) is 2.69. The topological polar surface area (TPSA) is 24.1 Å². The summed E-state index contributed by atoms with van der Waals surface area (Å²) in [5.74, 6) is 0.954. The highest BCUT2D eigenvalue weighted by Crippen LogP contribution is 2.24. The maximum atomic E-state index is 3.46. The summed E-state index contributed by atoms with van der Waals surface area (Å²) < 4.78 is 0. The molecule has 0 heterocycles. The van der Waals surface area contributed by atoms with Gasteiger partial charge in [0, 0.05) is 12.1 Å². The Labute approximate surface area is 95.2 Å². The van der Waals surface area contributed by atoms with E-state index in [1.807, 2.05) is 0 Å². The van der Waals surface area contributed by atoms with Crippen LogP contribution in [0.1, 0.15) is 51.9 Å². The van der Waals surface area contributed by atoms with Crippen molar-refractivity contribution in [2.24, 2.45) is 5.92 Å². The molecule has 2 nitrogen and oxygen atoms in total. The number of hydrogen-bond donors (Lipinski definition) is 2. The molecule has 0 spiro atoms. The van der Waals surface area contributed by atoms with Gasteiger partial charge in [0.05, 0.1) is 0 Å². The summed E-state index contributed by atoms with van der Waals surface area (Å²) in [6.07, 6.45) is 9.58. The third-order valence-corrected chi connectivity index (χ3v) is 4.10. The van der Waals surface area contributed by atoms with Crippen LogP contribution in [-0.2, 0) is 0 Å². The molecule has 0 aliphatic heterocycles. The van der Waals surface area contributed by atoms with Crippen LogP contribution in [-0.4, -0.2) is 26.2 Å². The second-order valence-corrected chi connectivity index (χ2v) is 4.98. The molecule has 2 heteroatoms. The molecular formula is C13H28N2. The van der Waals surface area contributed by atoms with E-state index in [9.17, 15) is 0 Å². The van der Waals surface area contributed by atoms with Gasteiger partial charge in [0.25, 0.3) is 0 Å². The van der Waals surface area contributed by atoms with Crippen molar-refractivity contribution in [3.8, 4) is 0 Å². The normalized spacial score (nSPS) is 34.2. The van der Waals surface area contributed by atoms with Gasteiger partial charge in [-0.3, -0.25) is 0 Å². The minimum absolute atomic E-state index is 0.744. The summed E-state index contributed by atoms with van der Waals surface area (Å²) in [6, 6.07) is 1.49. The van der Waals surface area contributed by atoms with Crippen LogP contribution >= 0.6 is 0 Å². The van der Waals surface area contributed by atoms with Crippen molar-refractivity contribution in [2.75, 3.05) is 14.1 Å². The van der Waals surface area contributed by atoms with Crippen LogP contribution in [0.3, 0.4) is 0 Å². The van der Waals surface area contributed by atoms with E-state index in [1.54, 1.807) is 0 Å². The lowest BCUT2D eigenvalue weighted by Crippen LogP contribution is -2.29. The molecule has 1 saturated carbocycles. The van der Waals surface area contributed by atoms with Crippen molar-refractivity contribution in [3.63, 3.8) is 0 Å². The fraction of sp³-hybridized carbons (Fsp3) is 1.00. The molecule has 0 aromatic rings. The van der Waals surface area contributed by atoms with E-state index in [-0.39, 0.29) is 0 Å². The maximum absolute atomic E-state index is 3.46. The average Bonchev–Trinajstić information content (AvgIpc) is 2.38. The van der Waals surface area contributed by atoms with Gasteiger partial charge in [0.1, 0.15) is 0 Å². The van der Waals surface area contributed by atoms with Crippen LogP contribution in [0.2, 0.25) is 0 Å². The molecule has 1 aliphatic carbocycles. The van der Waals surface area contributed by atoms with E-state index in [1.165, 1.54) is 44.9 Å². The Morgan fingerprint density at radius 1 is 0.800 bits per heavy atom. The molecule has 2 unspecified atom stereocenters. The highest BCUT2D eigenvalue weighted by Gasteiger charge is 2.18. The summed E-state index contributed by atoms with van der Waals surface area (Å²) in [4.78, 5) is 0. The van der Waals surface area contributed by atoms with Gasteiger partial charge in [-0.1, -0.05) is 13.3 Å². The first-order valence-electron chi connectivity index (χ1n) is 6.64. The Hall–Kier alpha value is -0.0800. The lowest BCUT2D eigenvalue weighted by Gasteiger charge is -2.18. The van der Waals surface area contributed by atoms with Gasteiger partial charge >= 0.3 is 0 Å². The van der Waals surface area contributed by atoms with E-state index < -0.39 is 0 Å². The second kappa shape index (κ2) is 7.24. The third kappa shape index (κ3) is 4.52. The van der Waals surface area contributed by atoms with Crippen LogP contribution < -0.4 is 10.6 Å². The molecule has 0 aromatic carbocycles. The molecule has 0 radical (unpaired) electrons. The molecule has 1 rings (SSSR count). The zero-order chi connectivity index (χ0) is 11.1. The molecule has 0 saturated heterocycles. The Morgan fingerprint density at radius 2 is 1.20 bits per heavy atom. The predicted octanol–water partition coefficient (Wildman–Crippen LogP) is 2.54. The Balaban J connectivity index is 2.47. The number of hydrogen-bond acceptors (Lipinski definition) is 2. The van der Waals surface area contributed by atoms with Crippen LogP contribution in [0.5, 0.6) is 0 Å². The quantitative estimate of drug-likeness (QED) is 0.751. The van der Waals surface area contributed by atoms with E-state index >= 15 is 0 Å². The standard InChI is InChI=1S/C13H28N2/c1-4-11-5-7-12(14-2)9-10-13(15-3)8-6-11/h11-15H,4-10H2,1-3H3. The maximum Gasteiger partial charge on any atom is 0.00647 e. The molecule has 1 aliphatic rings.